The molecule has 3 heterocycles. The van der Waals surface area contributed by atoms with Gasteiger partial charge in [0.05, 0.1) is 18.4 Å². The van der Waals surface area contributed by atoms with Crippen molar-refractivity contribution in [1.82, 2.24) is 5.32 Å². The van der Waals surface area contributed by atoms with E-state index in [-0.39, 0.29) is 17.9 Å². The summed E-state index contributed by atoms with van der Waals surface area (Å²) in [6.07, 6.45) is 2.74. The van der Waals surface area contributed by atoms with Gasteiger partial charge in [-0.15, -0.1) is 0 Å². The lowest BCUT2D eigenvalue weighted by Crippen LogP contribution is -2.47. The monoisotopic (exact) mass is 411 g/mol. The molecule has 0 saturated carbocycles. The molecular formula is C22H25N3O5. The van der Waals surface area contributed by atoms with Crippen molar-refractivity contribution in [3.8, 4) is 0 Å². The summed E-state index contributed by atoms with van der Waals surface area (Å²) in [7, 11) is 0. The van der Waals surface area contributed by atoms with Gasteiger partial charge >= 0.3 is 5.63 Å². The highest BCUT2D eigenvalue weighted by Gasteiger charge is 2.30. The summed E-state index contributed by atoms with van der Waals surface area (Å²) in [4.78, 5) is 30.0. The zero-order chi connectivity index (χ0) is 20.9. The molecule has 0 radical (unpaired) electrons. The highest BCUT2D eigenvalue weighted by molar-refractivity contribution is 6.01. The lowest BCUT2D eigenvalue weighted by Gasteiger charge is -2.27. The van der Waals surface area contributed by atoms with Crippen LogP contribution in [0.3, 0.4) is 0 Å². The largest absolute Gasteiger partial charge is 0.406 e. The smallest absolute Gasteiger partial charge is 0.337 e. The number of hydrogen-bond acceptors (Lipinski definition) is 7. The predicted octanol–water partition coefficient (Wildman–Crippen LogP) is 3.35. The van der Waals surface area contributed by atoms with Gasteiger partial charge in [0.2, 0.25) is 5.88 Å². The average Bonchev–Trinajstić information content (AvgIpc) is 2.76. The van der Waals surface area contributed by atoms with E-state index in [1.807, 2.05) is 30.3 Å². The first kappa shape index (κ1) is 20.2. The van der Waals surface area contributed by atoms with Crippen molar-refractivity contribution >= 4 is 17.5 Å². The molecule has 8 nitrogen and oxygen atoms in total. The Kier molecular flexibility index (Phi) is 6.13. The van der Waals surface area contributed by atoms with Crippen molar-refractivity contribution < 1.29 is 18.8 Å². The van der Waals surface area contributed by atoms with Gasteiger partial charge in [0.1, 0.15) is 5.56 Å². The second-order valence-electron chi connectivity index (χ2n) is 7.38. The van der Waals surface area contributed by atoms with Crippen LogP contribution < -0.4 is 16.3 Å². The van der Waals surface area contributed by atoms with Gasteiger partial charge in [-0.2, -0.15) is 0 Å². The maximum Gasteiger partial charge on any atom is 0.337 e. The van der Waals surface area contributed by atoms with Gasteiger partial charge in [-0.05, 0) is 24.0 Å². The summed E-state index contributed by atoms with van der Waals surface area (Å²) in [5.74, 6) is -0.227. The third-order valence-corrected chi connectivity index (χ3v) is 5.18. The van der Waals surface area contributed by atoms with Gasteiger partial charge in [-0.1, -0.05) is 48.8 Å². The molecule has 0 bridgehead atoms. The molecule has 2 aliphatic heterocycles. The normalized spacial score (nSPS) is 22.2. The number of rotatable bonds is 6. The summed E-state index contributed by atoms with van der Waals surface area (Å²) in [6, 6.07) is 11.3. The van der Waals surface area contributed by atoms with Crippen LogP contribution in [-0.4, -0.2) is 24.6 Å². The number of amides is 1. The summed E-state index contributed by atoms with van der Waals surface area (Å²) in [5, 5.41) is 9.85. The maximum atomic E-state index is 12.6. The molecule has 30 heavy (non-hydrogen) atoms. The Morgan fingerprint density at radius 3 is 2.83 bits per heavy atom. The zero-order valence-corrected chi connectivity index (χ0v) is 16.8. The molecule has 2 atom stereocenters. The number of anilines is 1. The molecule has 2 aliphatic rings. The molecule has 2 aromatic rings. The lowest BCUT2D eigenvalue weighted by molar-refractivity contribution is 0.0298. The number of fused-ring (bicyclic) bond motifs is 1. The van der Waals surface area contributed by atoms with Crippen molar-refractivity contribution in [1.29, 1.82) is 0 Å². The molecule has 8 heteroatoms. The molecule has 1 aromatic heterocycles. The number of nitrogens with zero attached hydrogens (tertiary/aromatic N) is 1. The molecule has 1 amide bonds. The third-order valence-electron chi connectivity index (χ3n) is 5.18. The molecule has 0 aliphatic carbocycles. The van der Waals surface area contributed by atoms with Gasteiger partial charge in [-0.3, -0.25) is 10.1 Å². The van der Waals surface area contributed by atoms with Crippen LogP contribution in [0, 0.1) is 0 Å². The van der Waals surface area contributed by atoms with Crippen LogP contribution in [0.2, 0.25) is 0 Å². The number of nitrogens with one attached hydrogen (secondary N) is 2. The predicted molar refractivity (Wildman–Crippen MR) is 111 cm³/mol. The minimum Gasteiger partial charge on any atom is -0.406 e. The van der Waals surface area contributed by atoms with E-state index in [0.29, 0.717) is 37.0 Å². The molecule has 1 fully saturated rings. The maximum absolute atomic E-state index is 12.6. The minimum atomic E-state index is -0.917. The number of unbranched alkanes of at least 4 members (excludes halogenated alkanes) is 1. The van der Waals surface area contributed by atoms with Crippen LogP contribution in [0.4, 0.5) is 5.88 Å². The van der Waals surface area contributed by atoms with E-state index < -0.39 is 12.0 Å². The molecule has 0 spiro atoms. The van der Waals surface area contributed by atoms with Crippen LogP contribution in [-0.2, 0) is 16.0 Å². The van der Waals surface area contributed by atoms with Crippen molar-refractivity contribution in [2.24, 2.45) is 5.16 Å². The van der Waals surface area contributed by atoms with E-state index in [1.54, 1.807) is 0 Å². The van der Waals surface area contributed by atoms with Crippen LogP contribution in [0.5, 0.6) is 0 Å². The second-order valence-corrected chi connectivity index (χ2v) is 7.38. The molecule has 2 N–H and O–H groups in total. The van der Waals surface area contributed by atoms with Gasteiger partial charge in [0.15, 0.2) is 0 Å². The number of hydrogen-bond donors (Lipinski definition) is 2. The van der Waals surface area contributed by atoms with E-state index in [2.05, 4.69) is 22.7 Å². The number of carbonyl (C=O) groups excluding carboxylic acids is 1. The Morgan fingerprint density at radius 2 is 2.03 bits per heavy atom. The number of carbonyl (C=O) groups is 1. The summed E-state index contributed by atoms with van der Waals surface area (Å²) in [5.41, 5.74) is 2.46. The molecule has 158 valence electrons. The van der Waals surface area contributed by atoms with E-state index in [1.165, 1.54) is 6.07 Å². The fourth-order valence-electron chi connectivity index (χ4n) is 3.64. The third kappa shape index (κ3) is 4.54. The van der Waals surface area contributed by atoms with Gasteiger partial charge in [0.25, 0.3) is 12.3 Å². The van der Waals surface area contributed by atoms with Crippen LogP contribution in [0.25, 0.3) is 0 Å². The van der Waals surface area contributed by atoms with E-state index in [0.717, 1.165) is 24.1 Å². The summed E-state index contributed by atoms with van der Waals surface area (Å²) < 4.78 is 11.0. The molecule has 4 rings (SSSR count). The van der Waals surface area contributed by atoms with Crippen LogP contribution in [0.1, 0.15) is 60.2 Å². The fourth-order valence-corrected chi connectivity index (χ4v) is 3.64. The molecule has 2 unspecified atom stereocenters. The van der Waals surface area contributed by atoms with E-state index in [9.17, 15) is 9.59 Å². The number of benzene rings is 1. The van der Waals surface area contributed by atoms with Crippen LogP contribution in [0.15, 0.2) is 50.8 Å². The van der Waals surface area contributed by atoms with Gasteiger partial charge < -0.3 is 19.3 Å². The quantitative estimate of drug-likeness (QED) is 0.707. The number of aryl methyl sites for hydroxylation is 1. The second kappa shape index (κ2) is 9.13. The van der Waals surface area contributed by atoms with Crippen LogP contribution >= 0.6 is 0 Å². The Hall–Kier alpha value is -3.13. The van der Waals surface area contributed by atoms with Gasteiger partial charge in [-0.25, -0.2) is 4.79 Å². The van der Waals surface area contributed by atoms with E-state index >= 15 is 0 Å². The minimum absolute atomic E-state index is 0.0731. The average molecular weight is 411 g/mol. The highest BCUT2D eigenvalue weighted by atomic mass is 16.7. The zero-order valence-electron chi connectivity index (χ0n) is 16.8. The van der Waals surface area contributed by atoms with Crippen molar-refractivity contribution in [3.05, 3.63) is 63.5 Å². The Labute approximate surface area is 174 Å². The highest BCUT2D eigenvalue weighted by Crippen LogP contribution is 2.27. The number of ether oxygens (including phenoxy) is 1. The van der Waals surface area contributed by atoms with Crippen molar-refractivity contribution in [2.75, 3.05) is 11.9 Å². The lowest BCUT2D eigenvalue weighted by atomic mass is 10.0. The van der Waals surface area contributed by atoms with Crippen molar-refractivity contribution in [3.63, 3.8) is 0 Å². The van der Waals surface area contributed by atoms with E-state index in [4.69, 9.17) is 14.0 Å². The topological polar surface area (TPSA) is 102 Å². The Morgan fingerprint density at radius 1 is 1.20 bits per heavy atom. The standard InChI is InChI=1S/C22H25N3O5/c1-2-3-7-15-12-18(26)29-21-19(15)20(27)23-22(24-21)30-25-16-10-11-28-17(13-16)14-8-5-4-6-9-14/h4-6,8-9,12,17,22,24H,2-3,7,10-11,13H2,1H3,(H,23,27)/b25-16-. The Bertz CT molecular complexity index is 986. The van der Waals surface area contributed by atoms with Crippen molar-refractivity contribution in [2.45, 2.75) is 51.5 Å². The first-order valence-electron chi connectivity index (χ1n) is 10.3. The first-order valence-corrected chi connectivity index (χ1v) is 10.3. The summed E-state index contributed by atoms with van der Waals surface area (Å²) in [6.45, 7) is 2.60. The molecule has 1 aromatic carbocycles. The molecule has 1 saturated heterocycles. The SMILES string of the molecule is CCCCc1cc(=O)oc2c1C(=O)NC(O/N=C1/CCOC(c3ccccc3)C1)N2. The molecular weight excluding hydrogens is 386 g/mol. The Balaban J connectivity index is 1.45. The first-order chi connectivity index (χ1) is 14.6. The van der Waals surface area contributed by atoms with Gasteiger partial charge in [0, 0.05) is 18.9 Å². The summed E-state index contributed by atoms with van der Waals surface area (Å²) >= 11 is 0. The number of oxime groups is 1. The fraction of sp³-hybridized carbons (Fsp3) is 0.409.